The van der Waals surface area contributed by atoms with Crippen LogP contribution in [0.25, 0.3) is 0 Å². The minimum atomic E-state index is -0.470. The molecule has 0 aliphatic carbocycles. The summed E-state index contributed by atoms with van der Waals surface area (Å²) in [5.74, 6) is -0.233. The Bertz CT molecular complexity index is 500. The van der Waals surface area contributed by atoms with Crippen LogP contribution in [-0.2, 0) is 0 Å². The van der Waals surface area contributed by atoms with Crippen molar-refractivity contribution in [3.8, 4) is 0 Å². The predicted octanol–water partition coefficient (Wildman–Crippen LogP) is 2.41. The summed E-state index contributed by atoms with van der Waals surface area (Å²) in [7, 11) is 0. The van der Waals surface area contributed by atoms with Crippen LogP contribution < -0.4 is 5.32 Å². The van der Waals surface area contributed by atoms with Gasteiger partial charge < -0.3 is 10.2 Å². The van der Waals surface area contributed by atoms with E-state index in [1.807, 2.05) is 0 Å². The maximum Gasteiger partial charge on any atom is 0.254 e. The third-order valence-electron chi connectivity index (χ3n) is 4.15. The molecule has 1 aromatic rings. The molecule has 3 heterocycles. The van der Waals surface area contributed by atoms with Gasteiger partial charge in [0.2, 0.25) is 0 Å². The summed E-state index contributed by atoms with van der Waals surface area (Å²) in [5.41, 5.74) is 0.117. The van der Waals surface area contributed by atoms with Crippen LogP contribution in [0.2, 0.25) is 0 Å². The number of hydrogen-bond acceptors (Lipinski definition) is 2. The van der Waals surface area contributed by atoms with Crippen LogP contribution >= 0.6 is 15.9 Å². The molecule has 4 rings (SSSR count). The summed E-state index contributed by atoms with van der Waals surface area (Å²) < 4.78 is 14.4. The molecule has 3 nitrogen and oxygen atoms in total. The number of halogens is 2. The molecule has 1 aromatic carbocycles. The van der Waals surface area contributed by atoms with Gasteiger partial charge in [0, 0.05) is 17.1 Å². The second-order valence-electron chi connectivity index (χ2n) is 5.34. The number of fused-ring (bicyclic) bond motifs is 3. The van der Waals surface area contributed by atoms with E-state index in [-0.39, 0.29) is 17.5 Å². The Morgan fingerprint density at radius 3 is 2.74 bits per heavy atom. The fourth-order valence-corrected chi connectivity index (χ4v) is 3.41. The van der Waals surface area contributed by atoms with E-state index in [4.69, 9.17) is 0 Å². The largest absolute Gasteiger partial charge is 0.348 e. The fraction of sp³-hybridized carbons (Fsp3) is 0.500. The highest BCUT2D eigenvalue weighted by molar-refractivity contribution is 9.10. The molecule has 5 heteroatoms. The van der Waals surface area contributed by atoms with Crippen molar-refractivity contribution >= 4 is 21.8 Å². The van der Waals surface area contributed by atoms with E-state index in [2.05, 4.69) is 26.1 Å². The Kier molecular flexibility index (Phi) is 3.58. The lowest BCUT2D eigenvalue weighted by Crippen LogP contribution is -2.57. The number of hydrogen-bond donors (Lipinski definition) is 1. The van der Waals surface area contributed by atoms with Gasteiger partial charge >= 0.3 is 0 Å². The lowest BCUT2D eigenvalue weighted by molar-refractivity contribution is 0.0618. The SMILES string of the molecule is O=C(N[C@H]1CN2CCC1CC2)c1cc(Br)ccc1F. The van der Waals surface area contributed by atoms with E-state index in [0.29, 0.717) is 10.4 Å². The average molecular weight is 327 g/mol. The second-order valence-corrected chi connectivity index (χ2v) is 6.26. The van der Waals surface area contributed by atoms with E-state index in [9.17, 15) is 9.18 Å². The van der Waals surface area contributed by atoms with Crippen molar-refractivity contribution in [2.45, 2.75) is 18.9 Å². The molecule has 3 aliphatic heterocycles. The summed E-state index contributed by atoms with van der Waals surface area (Å²) in [6, 6.07) is 4.61. The van der Waals surface area contributed by atoms with Crippen molar-refractivity contribution in [2.75, 3.05) is 19.6 Å². The summed E-state index contributed by atoms with van der Waals surface area (Å²) in [6.07, 6.45) is 2.26. The molecule has 1 atom stereocenters. The van der Waals surface area contributed by atoms with Crippen LogP contribution in [0.3, 0.4) is 0 Å². The molecule has 19 heavy (non-hydrogen) atoms. The lowest BCUT2D eigenvalue weighted by Gasteiger charge is -2.44. The number of amides is 1. The molecule has 0 spiro atoms. The van der Waals surface area contributed by atoms with Crippen molar-refractivity contribution in [3.63, 3.8) is 0 Å². The highest BCUT2D eigenvalue weighted by Crippen LogP contribution is 2.27. The first kappa shape index (κ1) is 13.1. The van der Waals surface area contributed by atoms with E-state index in [0.717, 1.165) is 32.5 Å². The predicted molar refractivity (Wildman–Crippen MR) is 74.5 cm³/mol. The molecule has 0 radical (unpaired) electrons. The minimum Gasteiger partial charge on any atom is -0.348 e. The molecule has 102 valence electrons. The van der Waals surface area contributed by atoms with Gasteiger partial charge in [0.15, 0.2) is 0 Å². The van der Waals surface area contributed by atoms with Crippen molar-refractivity contribution in [2.24, 2.45) is 5.92 Å². The maximum atomic E-state index is 13.7. The van der Waals surface area contributed by atoms with Gasteiger partial charge in [-0.2, -0.15) is 0 Å². The number of carbonyl (C=O) groups excluding carboxylic acids is 1. The summed E-state index contributed by atoms with van der Waals surface area (Å²) >= 11 is 3.27. The number of rotatable bonds is 2. The molecule has 2 bridgehead atoms. The van der Waals surface area contributed by atoms with Crippen LogP contribution in [0.4, 0.5) is 4.39 Å². The monoisotopic (exact) mass is 326 g/mol. The van der Waals surface area contributed by atoms with Gasteiger partial charge in [0.05, 0.1) is 5.56 Å². The van der Waals surface area contributed by atoms with E-state index in [1.54, 1.807) is 6.07 Å². The van der Waals surface area contributed by atoms with Gasteiger partial charge in [-0.25, -0.2) is 4.39 Å². The van der Waals surface area contributed by atoms with Gasteiger partial charge in [-0.05, 0) is 50.0 Å². The highest BCUT2D eigenvalue weighted by Gasteiger charge is 2.35. The fourth-order valence-electron chi connectivity index (χ4n) is 3.05. The molecule has 3 aliphatic rings. The van der Waals surface area contributed by atoms with E-state index >= 15 is 0 Å². The first-order valence-corrected chi connectivity index (χ1v) is 7.41. The summed E-state index contributed by atoms with van der Waals surface area (Å²) in [6.45, 7) is 3.15. The lowest BCUT2D eigenvalue weighted by atomic mass is 9.84. The molecule has 3 saturated heterocycles. The van der Waals surface area contributed by atoms with E-state index < -0.39 is 5.82 Å². The topological polar surface area (TPSA) is 32.3 Å². The van der Waals surface area contributed by atoms with Crippen molar-refractivity contribution in [1.82, 2.24) is 10.2 Å². The Morgan fingerprint density at radius 1 is 1.37 bits per heavy atom. The zero-order valence-electron chi connectivity index (χ0n) is 10.5. The third-order valence-corrected chi connectivity index (χ3v) is 4.64. The molecule has 0 saturated carbocycles. The Morgan fingerprint density at radius 2 is 2.11 bits per heavy atom. The number of nitrogens with zero attached hydrogens (tertiary/aromatic N) is 1. The zero-order valence-corrected chi connectivity index (χ0v) is 12.1. The van der Waals surface area contributed by atoms with Crippen LogP contribution in [0.5, 0.6) is 0 Å². The highest BCUT2D eigenvalue weighted by atomic mass is 79.9. The molecule has 3 fully saturated rings. The Labute approximate surface area is 120 Å². The summed E-state index contributed by atoms with van der Waals surface area (Å²) in [5, 5.41) is 2.99. The first-order chi connectivity index (χ1) is 9.13. The maximum absolute atomic E-state index is 13.7. The molecular weight excluding hydrogens is 311 g/mol. The molecule has 0 aromatic heterocycles. The van der Waals surface area contributed by atoms with Crippen molar-refractivity contribution < 1.29 is 9.18 Å². The van der Waals surface area contributed by atoms with Gasteiger partial charge in [0.25, 0.3) is 5.91 Å². The van der Waals surface area contributed by atoms with Crippen molar-refractivity contribution in [1.29, 1.82) is 0 Å². The van der Waals surface area contributed by atoms with E-state index in [1.165, 1.54) is 12.1 Å². The summed E-state index contributed by atoms with van der Waals surface area (Å²) in [4.78, 5) is 14.5. The molecule has 1 amide bonds. The minimum absolute atomic E-state index is 0.117. The van der Waals surface area contributed by atoms with Crippen LogP contribution in [-0.4, -0.2) is 36.5 Å². The molecule has 0 unspecified atom stereocenters. The van der Waals surface area contributed by atoms with Crippen molar-refractivity contribution in [3.05, 3.63) is 34.1 Å². The second kappa shape index (κ2) is 5.21. The Balaban J connectivity index is 1.73. The standard InChI is InChI=1S/C14H16BrFN2O/c15-10-1-2-12(16)11(7-10)14(19)17-13-8-18-5-3-9(13)4-6-18/h1-2,7,9,13H,3-6,8H2,(H,17,19)/t13-/m0/s1. The number of piperidine rings is 3. The Hall–Kier alpha value is -0.940. The smallest absolute Gasteiger partial charge is 0.254 e. The molecular formula is C14H16BrFN2O. The van der Waals surface area contributed by atoms with Gasteiger partial charge in [0.1, 0.15) is 5.82 Å². The normalized spacial score (nSPS) is 29.3. The number of nitrogens with one attached hydrogen (secondary N) is 1. The quantitative estimate of drug-likeness (QED) is 0.905. The van der Waals surface area contributed by atoms with Crippen LogP contribution in [0, 0.1) is 11.7 Å². The number of benzene rings is 1. The number of carbonyl (C=O) groups is 1. The zero-order chi connectivity index (χ0) is 13.4. The van der Waals surface area contributed by atoms with Crippen LogP contribution in [0.1, 0.15) is 23.2 Å². The van der Waals surface area contributed by atoms with Gasteiger partial charge in [-0.1, -0.05) is 15.9 Å². The third kappa shape index (κ3) is 2.67. The van der Waals surface area contributed by atoms with Crippen LogP contribution in [0.15, 0.2) is 22.7 Å². The first-order valence-electron chi connectivity index (χ1n) is 6.62. The van der Waals surface area contributed by atoms with Gasteiger partial charge in [-0.15, -0.1) is 0 Å². The molecule has 1 N–H and O–H groups in total. The average Bonchev–Trinajstić information content (AvgIpc) is 2.43. The van der Waals surface area contributed by atoms with Gasteiger partial charge in [-0.3, -0.25) is 4.79 Å².